The molecule has 14 heteroatoms. The lowest BCUT2D eigenvalue weighted by Crippen LogP contribution is -2.43. The molecule has 1 unspecified atom stereocenters. The van der Waals surface area contributed by atoms with Gasteiger partial charge in [-0.3, -0.25) is 9.09 Å². The summed E-state index contributed by atoms with van der Waals surface area (Å²) in [5.74, 6) is 0.276. The summed E-state index contributed by atoms with van der Waals surface area (Å²) in [6.45, 7) is 4.14. The van der Waals surface area contributed by atoms with Crippen molar-refractivity contribution in [2.24, 2.45) is 0 Å². The molecule has 1 aromatic heterocycles. The van der Waals surface area contributed by atoms with Gasteiger partial charge in [-0.15, -0.1) is 0 Å². The molecule has 186 valence electrons. The fourth-order valence-corrected chi connectivity index (χ4v) is 4.71. The standard InChI is InChI=1S/C19H26FN4O6P.CO2/c1-12(2)23-31(27,30-13-7-5-4-6-8-13)28-11-14-16(25)19(3,20)17(29-14)24-10-9-15(21)22-18(24)26;2-1-3/h4-10,12,14,16-17,25H,11H2,1-3H3,(H,23,27)(H2,21,22,26);/t14-,16-,17-,19-,31?;/m1./s1. The number of hydrogen-bond acceptors (Lipinski definition) is 10. The van der Waals surface area contributed by atoms with E-state index in [1.807, 2.05) is 0 Å². The first-order valence-electron chi connectivity index (χ1n) is 10.1. The fourth-order valence-electron chi connectivity index (χ4n) is 3.15. The van der Waals surface area contributed by atoms with Crippen molar-refractivity contribution in [2.45, 2.75) is 50.9 Å². The lowest BCUT2D eigenvalue weighted by atomic mass is 9.98. The van der Waals surface area contributed by atoms with Gasteiger partial charge in [-0.05, 0) is 39.0 Å². The maximum atomic E-state index is 15.3. The lowest BCUT2D eigenvalue weighted by molar-refractivity contribution is -0.191. The van der Waals surface area contributed by atoms with Crippen LogP contribution in [0.2, 0.25) is 0 Å². The second-order valence-electron chi connectivity index (χ2n) is 7.73. The van der Waals surface area contributed by atoms with E-state index in [-0.39, 0.29) is 18.0 Å². The molecule has 0 saturated carbocycles. The number of aromatic nitrogens is 2. The van der Waals surface area contributed by atoms with Crippen LogP contribution < -0.4 is 21.0 Å². The number of rotatable bonds is 8. The quantitative estimate of drug-likeness (QED) is 0.448. The van der Waals surface area contributed by atoms with Gasteiger partial charge in [-0.1, -0.05) is 18.2 Å². The molecule has 1 aliphatic heterocycles. The number of nitrogens with zero attached hydrogens (tertiary/aromatic N) is 2. The third-order valence-electron chi connectivity index (χ3n) is 4.62. The molecule has 2 heterocycles. The predicted molar refractivity (Wildman–Crippen MR) is 116 cm³/mol. The van der Waals surface area contributed by atoms with Crippen molar-refractivity contribution in [3.05, 3.63) is 53.1 Å². The number of ether oxygens (including phenoxy) is 1. The minimum absolute atomic E-state index is 0.0287. The van der Waals surface area contributed by atoms with Crippen molar-refractivity contribution in [2.75, 3.05) is 12.3 Å². The van der Waals surface area contributed by atoms with Gasteiger partial charge in [-0.25, -0.2) is 18.8 Å². The van der Waals surface area contributed by atoms with E-state index in [1.165, 1.54) is 12.3 Å². The number of alkyl halides is 1. The Kier molecular flexibility index (Phi) is 9.22. The van der Waals surface area contributed by atoms with Gasteiger partial charge in [0.15, 0.2) is 11.9 Å². The first-order chi connectivity index (χ1) is 15.9. The normalized spacial score (nSPS) is 25.6. The molecular formula is C20H26FN4O8P. The van der Waals surface area contributed by atoms with Crippen LogP contribution in [0.5, 0.6) is 5.75 Å². The van der Waals surface area contributed by atoms with Gasteiger partial charge in [0.2, 0.25) is 0 Å². The van der Waals surface area contributed by atoms with E-state index in [2.05, 4.69) is 10.1 Å². The molecule has 5 atom stereocenters. The molecule has 2 aromatic rings. The molecule has 0 radical (unpaired) electrons. The van der Waals surface area contributed by atoms with Gasteiger partial charge >= 0.3 is 19.6 Å². The fraction of sp³-hybridized carbons (Fsp3) is 0.450. The second kappa shape index (κ2) is 11.5. The van der Waals surface area contributed by atoms with Crippen molar-refractivity contribution in [3.8, 4) is 5.75 Å². The van der Waals surface area contributed by atoms with Crippen molar-refractivity contribution >= 4 is 19.7 Å². The second-order valence-corrected chi connectivity index (χ2v) is 9.42. The molecule has 0 aliphatic carbocycles. The number of hydrogen-bond donors (Lipinski definition) is 3. The Balaban J connectivity index is 0.00000129. The maximum Gasteiger partial charge on any atom is 0.459 e. The van der Waals surface area contributed by atoms with Crippen molar-refractivity contribution in [1.82, 2.24) is 14.6 Å². The van der Waals surface area contributed by atoms with Crippen LogP contribution in [0.25, 0.3) is 0 Å². The van der Waals surface area contributed by atoms with E-state index in [4.69, 9.17) is 29.1 Å². The van der Waals surface area contributed by atoms with Crippen LogP contribution in [0.4, 0.5) is 10.2 Å². The Hall–Kier alpha value is -2.92. The van der Waals surface area contributed by atoms with Crippen molar-refractivity contribution in [3.63, 3.8) is 0 Å². The summed E-state index contributed by atoms with van der Waals surface area (Å²) in [6.07, 6.45) is -2.91. The molecule has 0 spiro atoms. The minimum Gasteiger partial charge on any atom is -0.413 e. The van der Waals surface area contributed by atoms with E-state index in [0.717, 1.165) is 11.5 Å². The molecular weight excluding hydrogens is 474 g/mol. The van der Waals surface area contributed by atoms with E-state index in [9.17, 15) is 14.5 Å². The minimum atomic E-state index is -3.89. The highest BCUT2D eigenvalue weighted by atomic mass is 31.2. The summed E-state index contributed by atoms with van der Waals surface area (Å²) in [7, 11) is -3.89. The summed E-state index contributed by atoms with van der Waals surface area (Å²) in [5, 5.41) is 13.2. The summed E-state index contributed by atoms with van der Waals surface area (Å²) < 4.78 is 46.0. The monoisotopic (exact) mass is 500 g/mol. The van der Waals surface area contributed by atoms with Crippen LogP contribution in [0.3, 0.4) is 0 Å². The Bertz CT molecular complexity index is 1090. The SMILES string of the molecule is CC(C)NP(=O)(OC[C@H]1O[C@@H](n2ccc(N)nc2=O)[C@](C)(F)[C@@H]1O)Oc1ccccc1.O=C=O. The van der Waals surface area contributed by atoms with Gasteiger partial charge < -0.3 is 20.1 Å². The van der Waals surface area contributed by atoms with E-state index in [0.29, 0.717) is 5.75 Å². The number of para-hydroxylation sites is 1. The van der Waals surface area contributed by atoms with Crippen LogP contribution in [-0.2, 0) is 23.4 Å². The molecule has 0 amide bonds. The highest BCUT2D eigenvalue weighted by Crippen LogP contribution is 2.47. The number of halogens is 1. The van der Waals surface area contributed by atoms with Crippen LogP contribution in [0.15, 0.2) is 47.4 Å². The number of nitrogens with one attached hydrogen (secondary N) is 1. The molecule has 4 N–H and O–H groups in total. The summed E-state index contributed by atoms with van der Waals surface area (Å²) in [5.41, 5.74) is 2.28. The zero-order chi connectivity index (χ0) is 25.5. The van der Waals surface area contributed by atoms with Crippen LogP contribution in [0, 0.1) is 0 Å². The van der Waals surface area contributed by atoms with Gasteiger partial charge in [0.25, 0.3) is 0 Å². The van der Waals surface area contributed by atoms with Crippen LogP contribution >= 0.6 is 7.75 Å². The predicted octanol–water partition coefficient (Wildman–Crippen LogP) is 1.43. The molecule has 1 aromatic carbocycles. The Morgan fingerprint density at radius 3 is 2.53 bits per heavy atom. The smallest absolute Gasteiger partial charge is 0.413 e. The third kappa shape index (κ3) is 6.80. The maximum absolute atomic E-state index is 15.3. The number of nitrogens with two attached hydrogens (primary N) is 1. The molecule has 0 bridgehead atoms. The van der Waals surface area contributed by atoms with Gasteiger partial charge in [0, 0.05) is 12.2 Å². The topological polar surface area (TPSA) is 172 Å². The largest absolute Gasteiger partial charge is 0.459 e. The van der Waals surface area contributed by atoms with Gasteiger partial charge in [0.1, 0.15) is 23.8 Å². The highest BCUT2D eigenvalue weighted by molar-refractivity contribution is 7.52. The number of nitrogen functional groups attached to an aromatic ring is 1. The molecule has 1 saturated heterocycles. The van der Waals surface area contributed by atoms with Gasteiger partial charge in [0.05, 0.1) is 6.61 Å². The summed E-state index contributed by atoms with van der Waals surface area (Å²) in [4.78, 5) is 31.9. The molecule has 3 rings (SSSR count). The number of carbonyl (C=O) groups excluding carboxylic acids is 2. The van der Waals surface area contributed by atoms with E-state index in [1.54, 1.807) is 44.2 Å². The van der Waals surface area contributed by atoms with Crippen molar-refractivity contribution < 1.29 is 37.4 Å². The van der Waals surface area contributed by atoms with E-state index >= 15 is 4.39 Å². The average molecular weight is 500 g/mol. The first-order valence-corrected chi connectivity index (χ1v) is 11.6. The van der Waals surface area contributed by atoms with E-state index < -0.39 is 44.1 Å². The molecule has 34 heavy (non-hydrogen) atoms. The van der Waals surface area contributed by atoms with Crippen LogP contribution in [0.1, 0.15) is 27.0 Å². The van der Waals surface area contributed by atoms with Gasteiger partial charge in [-0.2, -0.15) is 14.6 Å². The summed E-state index contributed by atoms with van der Waals surface area (Å²) >= 11 is 0. The zero-order valence-corrected chi connectivity index (χ0v) is 19.6. The molecule has 12 nitrogen and oxygen atoms in total. The highest BCUT2D eigenvalue weighted by Gasteiger charge is 2.55. The third-order valence-corrected chi connectivity index (χ3v) is 6.39. The Morgan fingerprint density at radius 2 is 1.97 bits per heavy atom. The number of aliphatic hydroxyl groups excluding tert-OH is 1. The molecule has 1 aliphatic rings. The Morgan fingerprint density at radius 1 is 1.35 bits per heavy atom. The first kappa shape index (κ1) is 27.3. The van der Waals surface area contributed by atoms with Crippen molar-refractivity contribution in [1.29, 1.82) is 0 Å². The zero-order valence-electron chi connectivity index (χ0n) is 18.7. The molecule has 1 fully saturated rings. The average Bonchev–Trinajstić information content (AvgIpc) is 2.96. The number of benzene rings is 1. The number of anilines is 1. The Labute approximate surface area is 194 Å². The lowest BCUT2D eigenvalue weighted by Gasteiger charge is -2.25. The van der Waals surface area contributed by atoms with Crippen LogP contribution in [-0.4, -0.2) is 51.3 Å². The number of aliphatic hydroxyl groups is 1. The summed E-state index contributed by atoms with van der Waals surface area (Å²) in [6, 6.07) is 9.44.